The Morgan fingerprint density at radius 2 is 2.05 bits per heavy atom. The monoisotopic (exact) mass is 303 g/mol. The Kier molecular flexibility index (Phi) is 5.04. The van der Waals surface area contributed by atoms with Crippen LogP contribution in [0.15, 0.2) is 12.1 Å². The lowest BCUT2D eigenvalue weighted by Crippen LogP contribution is -2.31. The van der Waals surface area contributed by atoms with Crippen LogP contribution in [0.1, 0.15) is 61.3 Å². The fourth-order valence-electron chi connectivity index (χ4n) is 4.03. The molecule has 1 aromatic carbocycles. The van der Waals surface area contributed by atoms with E-state index in [1.807, 2.05) is 0 Å². The molecule has 3 nitrogen and oxygen atoms in total. The van der Waals surface area contributed by atoms with Crippen molar-refractivity contribution in [3.05, 3.63) is 28.8 Å². The first-order valence-corrected chi connectivity index (χ1v) is 8.79. The molecule has 0 amide bonds. The molecule has 0 bridgehead atoms. The fourth-order valence-corrected chi connectivity index (χ4v) is 4.03. The summed E-state index contributed by atoms with van der Waals surface area (Å²) in [5.74, 6) is 1.70. The predicted octanol–water partition coefficient (Wildman–Crippen LogP) is 3.66. The Morgan fingerprint density at radius 3 is 2.86 bits per heavy atom. The molecular weight excluding hydrogens is 274 g/mol. The van der Waals surface area contributed by atoms with Crippen molar-refractivity contribution < 1.29 is 9.84 Å². The van der Waals surface area contributed by atoms with Crippen molar-refractivity contribution in [3.63, 3.8) is 0 Å². The Bertz CT molecular complexity index is 514. The van der Waals surface area contributed by atoms with E-state index in [-0.39, 0.29) is 6.10 Å². The highest BCUT2D eigenvalue weighted by Crippen LogP contribution is 2.35. The molecule has 1 heterocycles. The van der Waals surface area contributed by atoms with Gasteiger partial charge in [-0.3, -0.25) is 0 Å². The van der Waals surface area contributed by atoms with Crippen LogP contribution in [0.2, 0.25) is 0 Å². The van der Waals surface area contributed by atoms with Gasteiger partial charge in [0.25, 0.3) is 0 Å². The molecule has 3 rings (SSSR count). The van der Waals surface area contributed by atoms with Gasteiger partial charge >= 0.3 is 0 Å². The van der Waals surface area contributed by atoms with E-state index < -0.39 is 0 Å². The highest BCUT2D eigenvalue weighted by Gasteiger charge is 2.24. The van der Waals surface area contributed by atoms with Crippen LogP contribution < -0.4 is 10.1 Å². The second-order valence-electron chi connectivity index (χ2n) is 7.14. The van der Waals surface area contributed by atoms with Crippen molar-refractivity contribution in [2.75, 3.05) is 13.2 Å². The molecule has 2 N–H and O–H groups in total. The van der Waals surface area contributed by atoms with Crippen LogP contribution in [-0.4, -0.2) is 24.4 Å². The van der Waals surface area contributed by atoms with Gasteiger partial charge in [0.05, 0.1) is 12.7 Å². The van der Waals surface area contributed by atoms with Crippen molar-refractivity contribution >= 4 is 0 Å². The van der Waals surface area contributed by atoms with Gasteiger partial charge in [0.2, 0.25) is 0 Å². The number of rotatable bonds is 3. The summed E-state index contributed by atoms with van der Waals surface area (Å²) in [5, 5.41) is 13.6. The molecular formula is C19H29NO2. The van der Waals surface area contributed by atoms with E-state index in [2.05, 4.69) is 31.3 Å². The maximum Gasteiger partial charge on any atom is 0.126 e. The summed E-state index contributed by atoms with van der Waals surface area (Å²) in [7, 11) is 0. The summed E-state index contributed by atoms with van der Waals surface area (Å²) in [6.45, 7) is 6.13. The van der Waals surface area contributed by atoms with E-state index >= 15 is 0 Å². The van der Waals surface area contributed by atoms with Crippen LogP contribution in [-0.2, 0) is 0 Å². The summed E-state index contributed by atoms with van der Waals surface area (Å²) in [6, 6.07) is 4.87. The third-order valence-corrected chi connectivity index (χ3v) is 5.11. The van der Waals surface area contributed by atoms with Gasteiger partial charge < -0.3 is 15.2 Å². The van der Waals surface area contributed by atoms with Crippen molar-refractivity contribution in [1.82, 2.24) is 5.32 Å². The summed E-state index contributed by atoms with van der Waals surface area (Å²) >= 11 is 0. The van der Waals surface area contributed by atoms with Crippen molar-refractivity contribution in [2.24, 2.45) is 5.92 Å². The maximum absolute atomic E-state index is 9.84. The van der Waals surface area contributed by atoms with Crippen LogP contribution in [0.4, 0.5) is 0 Å². The van der Waals surface area contributed by atoms with Gasteiger partial charge in [-0.25, -0.2) is 0 Å². The summed E-state index contributed by atoms with van der Waals surface area (Å²) in [5.41, 5.74) is 3.88. The minimum Gasteiger partial charge on any atom is -0.493 e. The molecule has 0 saturated heterocycles. The van der Waals surface area contributed by atoms with Crippen LogP contribution >= 0.6 is 0 Å². The Morgan fingerprint density at radius 1 is 1.18 bits per heavy atom. The highest BCUT2D eigenvalue weighted by molar-refractivity contribution is 5.46. The lowest BCUT2D eigenvalue weighted by atomic mass is 9.87. The predicted molar refractivity (Wildman–Crippen MR) is 89.4 cm³/mol. The molecule has 1 aliphatic carbocycles. The molecule has 22 heavy (non-hydrogen) atoms. The summed E-state index contributed by atoms with van der Waals surface area (Å²) in [6.07, 6.45) is 6.48. The van der Waals surface area contributed by atoms with E-state index in [1.165, 1.54) is 23.1 Å². The number of ether oxygens (including phenoxy) is 1. The Labute approximate surface area is 134 Å². The zero-order valence-corrected chi connectivity index (χ0v) is 13.9. The van der Waals surface area contributed by atoms with Gasteiger partial charge in [-0.2, -0.15) is 0 Å². The minimum absolute atomic E-state index is 0.0882. The van der Waals surface area contributed by atoms with Gasteiger partial charge in [-0.15, -0.1) is 0 Å². The lowest BCUT2D eigenvalue weighted by molar-refractivity contribution is 0.0995. The van der Waals surface area contributed by atoms with Gasteiger partial charge in [0, 0.05) is 11.6 Å². The molecule has 3 unspecified atom stereocenters. The van der Waals surface area contributed by atoms with E-state index in [0.717, 1.165) is 51.0 Å². The summed E-state index contributed by atoms with van der Waals surface area (Å²) < 4.78 is 5.99. The average molecular weight is 303 g/mol. The second-order valence-corrected chi connectivity index (χ2v) is 7.14. The van der Waals surface area contributed by atoms with Crippen LogP contribution in [0.25, 0.3) is 0 Å². The topological polar surface area (TPSA) is 41.5 Å². The van der Waals surface area contributed by atoms with Gasteiger partial charge in [-0.1, -0.05) is 24.1 Å². The largest absolute Gasteiger partial charge is 0.493 e. The molecule has 3 atom stereocenters. The molecule has 0 radical (unpaired) electrons. The zero-order valence-electron chi connectivity index (χ0n) is 13.9. The van der Waals surface area contributed by atoms with Crippen LogP contribution in [0, 0.1) is 19.8 Å². The molecule has 1 aromatic rings. The normalized spacial score (nSPS) is 28.6. The number of benzene rings is 1. The van der Waals surface area contributed by atoms with Crippen molar-refractivity contribution in [3.8, 4) is 5.75 Å². The molecule has 1 saturated carbocycles. The van der Waals surface area contributed by atoms with E-state index in [4.69, 9.17) is 4.74 Å². The van der Waals surface area contributed by atoms with E-state index in [9.17, 15) is 5.11 Å². The summed E-state index contributed by atoms with van der Waals surface area (Å²) in [4.78, 5) is 0. The minimum atomic E-state index is -0.0882. The number of hydrogen-bond donors (Lipinski definition) is 2. The third kappa shape index (κ3) is 3.64. The first-order chi connectivity index (χ1) is 10.6. The number of aryl methyl sites for hydroxylation is 2. The van der Waals surface area contributed by atoms with Crippen LogP contribution in [0.3, 0.4) is 0 Å². The average Bonchev–Trinajstić information content (AvgIpc) is 2.68. The first-order valence-electron chi connectivity index (χ1n) is 8.79. The molecule has 3 heteroatoms. The smallest absolute Gasteiger partial charge is 0.126 e. The van der Waals surface area contributed by atoms with E-state index in [0.29, 0.717) is 12.0 Å². The lowest BCUT2D eigenvalue weighted by Gasteiger charge is -2.28. The van der Waals surface area contributed by atoms with Gasteiger partial charge in [0.1, 0.15) is 5.75 Å². The zero-order chi connectivity index (χ0) is 15.5. The first kappa shape index (κ1) is 15.8. The fraction of sp³-hybridized carbons (Fsp3) is 0.684. The van der Waals surface area contributed by atoms with Crippen LogP contribution in [0.5, 0.6) is 5.75 Å². The standard InChI is InChI=1S/C19H29NO2/c1-13-9-14(2)19-17(10-13)18(7-4-8-22-19)20-12-15-5-3-6-16(21)11-15/h9-10,15-16,18,20-21H,3-8,11-12H2,1-2H3. The number of aliphatic hydroxyl groups is 1. The van der Waals surface area contributed by atoms with Crippen molar-refractivity contribution in [2.45, 2.75) is 64.5 Å². The Balaban J connectivity index is 1.71. The number of fused-ring (bicyclic) bond motifs is 1. The number of hydrogen-bond acceptors (Lipinski definition) is 3. The Hall–Kier alpha value is -1.06. The quantitative estimate of drug-likeness (QED) is 0.895. The molecule has 122 valence electrons. The molecule has 0 spiro atoms. The maximum atomic E-state index is 9.84. The molecule has 2 aliphatic rings. The SMILES string of the molecule is Cc1cc(C)c2c(c1)C(NCC1CCCC(O)C1)CCCO2. The number of aliphatic hydroxyl groups excluding tert-OH is 1. The van der Waals surface area contributed by atoms with Gasteiger partial charge in [0.15, 0.2) is 0 Å². The third-order valence-electron chi connectivity index (χ3n) is 5.11. The second kappa shape index (κ2) is 7.01. The van der Waals surface area contributed by atoms with Gasteiger partial charge in [-0.05, 0) is 64.0 Å². The number of nitrogens with one attached hydrogen (secondary N) is 1. The molecule has 1 fully saturated rings. The molecule has 1 aliphatic heterocycles. The highest BCUT2D eigenvalue weighted by atomic mass is 16.5. The molecule has 0 aromatic heterocycles. The van der Waals surface area contributed by atoms with Crippen molar-refractivity contribution in [1.29, 1.82) is 0 Å². The van der Waals surface area contributed by atoms with E-state index in [1.54, 1.807) is 0 Å².